The predicted octanol–water partition coefficient (Wildman–Crippen LogP) is 3.98. The van der Waals surface area contributed by atoms with Crippen LogP contribution >= 0.6 is 39.1 Å². The third-order valence-corrected chi connectivity index (χ3v) is 4.11. The molecule has 2 aromatic heterocycles. The summed E-state index contributed by atoms with van der Waals surface area (Å²) in [5.41, 5.74) is 7.24. The van der Waals surface area contributed by atoms with E-state index in [4.69, 9.17) is 28.9 Å². The van der Waals surface area contributed by atoms with Gasteiger partial charge >= 0.3 is 0 Å². The molecule has 2 heterocycles. The second kappa shape index (κ2) is 5.63. The van der Waals surface area contributed by atoms with E-state index >= 15 is 0 Å². The summed E-state index contributed by atoms with van der Waals surface area (Å²) in [7, 11) is 0. The van der Waals surface area contributed by atoms with E-state index in [1.807, 2.05) is 12.1 Å². The number of hydrogen-bond acceptors (Lipinski definition) is 4. The van der Waals surface area contributed by atoms with E-state index in [1.165, 1.54) is 0 Å². The van der Waals surface area contributed by atoms with Crippen LogP contribution in [0.15, 0.2) is 41.3 Å². The van der Waals surface area contributed by atoms with Gasteiger partial charge in [0.15, 0.2) is 5.82 Å². The zero-order chi connectivity index (χ0) is 15.0. The Morgan fingerprint density at radius 3 is 2.86 bits per heavy atom. The van der Waals surface area contributed by atoms with E-state index in [-0.39, 0.29) is 0 Å². The Bertz CT molecular complexity index is 802. The summed E-state index contributed by atoms with van der Waals surface area (Å²) in [5, 5.41) is 8.91. The van der Waals surface area contributed by atoms with Crippen LogP contribution in [-0.2, 0) is 0 Å². The number of pyridine rings is 1. The van der Waals surface area contributed by atoms with Crippen molar-refractivity contribution in [2.24, 2.45) is 0 Å². The van der Waals surface area contributed by atoms with Gasteiger partial charge in [0.1, 0.15) is 12.1 Å². The van der Waals surface area contributed by atoms with E-state index in [0.29, 0.717) is 32.9 Å². The molecule has 3 rings (SSSR count). The maximum atomic E-state index is 6.25. The van der Waals surface area contributed by atoms with Crippen molar-refractivity contribution >= 4 is 44.9 Å². The minimum atomic E-state index is 0.352. The first-order valence-corrected chi connectivity index (χ1v) is 7.38. The SMILES string of the molecule is Nc1ncc(Br)cc1-c1nncn1-c1cccc(Cl)c1Cl. The van der Waals surface area contributed by atoms with Crippen molar-refractivity contribution in [2.75, 3.05) is 5.73 Å². The van der Waals surface area contributed by atoms with Crippen LogP contribution in [-0.4, -0.2) is 19.7 Å². The van der Waals surface area contributed by atoms with Crippen molar-refractivity contribution in [2.45, 2.75) is 0 Å². The van der Waals surface area contributed by atoms with Gasteiger partial charge in [-0.25, -0.2) is 4.98 Å². The molecule has 1 aromatic carbocycles. The molecule has 3 aromatic rings. The fourth-order valence-electron chi connectivity index (χ4n) is 1.90. The summed E-state index contributed by atoms with van der Waals surface area (Å²) in [6, 6.07) is 7.16. The highest BCUT2D eigenvalue weighted by Crippen LogP contribution is 2.32. The third kappa shape index (κ3) is 2.62. The molecule has 106 valence electrons. The lowest BCUT2D eigenvalue weighted by atomic mass is 10.2. The second-order valence-corrected chi connectivity index (χ2v) is 5.88. The predicted molar refractivity (Wildman–Crippen MR) is 86.7 cm³/mol. The Morgan fingerprint density at radius 2 is 2.05 bits per heavy atom. The highest BCUT2D eigenvalue weighted by molar-refractivity contribution is 9.10. The molecule has 0 atom stereocenters. The fraction of sp³-hybridized carbons (Fsp3) is 0. The van der Waals surface area contributed by atoms with Crippen LogP contribution in [0.2, 0.25) is 10.0 Å². The molecular formula is C13H8BrCl2N5. The molecule has 0 saturated heterocycles. The van der Waals surface area contributed by atoms with Crippen LogP contribution in [0.4, 0.5) is 5.82 Å². The number of nitrogen functional groups attached to an aromatic ring is 1. The van der Waals surface area contributed by atoms with Crippen LogP contribution in [0.1, 0.15) is 0 Å². The molecule has 0 aliphatic rings. The van der Waals surface area contributed by atoms with Gasteiger partial charge in [0.05, 0.1) is 21.3 Å². The molecule has 0 spiro atoms. The van der Waals surface area contributed by atoms with E-state index < -0.39 is 0 Å². The number of benzene rings is 1. The molecular weight excluding hydrogens is 377 g/mol. The average Bonchev–Trinajstić information content (AvgIpc) is 2.93. The summed E-state index contributed by atoms with van der Waals surface area (Å²) in [6.45, 7) is 0. The standard InChI is InChI=1S/C13H8BrCl2N5/c14-7-4-8(12(17)18-5-7)13-20-19-6-21(13)10-3-1-2-9(15)11(10)16/h1-6H,(H2,17,18). The molecule has 0 saturated carbocycles. The number of aromatic nitrogens is 4. The Hall–Kier alpha value is -1.63. The van der Waals surface area contributed by atoms with Gasteiger partial charge in [-0.15, -0.1) is 10.2 Å². The van der Waals surface area contributed by atoms with E-state index in [2.05, 4.69) is 31.1 Å². The van der Waals surface area contributed by atoms with Gasteiger partial charge in [-0.05, 0) is 34.1 Å². The minimum Gasteiger partial charge on any atom is -0.383 e. The second-order valence-electron chi connectivity index (χ2n) is 4.18. The lowest BCUT2D eigenvalue weighted by Gasteiger charge is -2.10. The zero-order valence-corrected chi connectivity index (χ0v) is 13.6. The molecule has 8 heteroatoms. The Labute approximate surface area is 138 Å². The molecule has 0 radical (unpaired) electrons. The van der Waals surface area contributed by atoms with Crippen LogP contribution < -0.4 is 5.73 Å². The lowest BCUT2D eigenvalue weighted by molar-refractivity contribution is 1.06. The third-order valence-electron chi connectivity index (χ3n) is 2.86. The van der Waals surface area contributed by atoms with Gasteiger partial charge in [-0.3, -0.25) is 4.57 Å². The monoisotopic (exact) mass is 383 g/mol. The highest BCUT2D eigenvalue weighted by atomic mass is 79.9. The normalized spacial score (nSPS) is 10.8. The number of nitrogens with zero attached hydrogens (tertiary/aromatic N) is 4. The Kier molecular flexibility index (Phi) is 3.84. The largest absolute Gasteiger partial charge is 0.383 e. The molecule has 0 aliphatic carbocycles. The molecule has 0 amide bonds. The highest BCUT2D eigenvalue weighted by Gasteiger charge is 2.16. The maximum Gasteiger partial charge on any atom is 0.172 e. The summed E-state index contributed by atoms with van der Waals surface area (Å²) in [6.07, 6.45) is 3.17. The van der Waals surface area contributed by atoms with Gasteiger partial charge < -0.3 is 5.73 Å². The van der Waals surface area contributed by atoms with Crippen molar-refractivity contribution in [3.05, 3.63) is 51.3 Å². The number of hydrogen-bond donors (Lipinski definition) is 1. The Balaban J connectivity index is 2.22. The molecule has 0 bridgehead atoms. The lowest BCUT2D eigenvalue weighted by Crippen LogP contribution is -2.01. The van der Waals surface area contributed by atoms with Crippen LogP contribution in [0.25, 0.3) is 17.1 Å². The molecule has 5 nitrogen and oxygen atoms in total. The number of halogens is 3. The molecule has 2 N–H and O–H groups in total. The van der Waals surface area contributed by atoms with Crippen molar-refractivity contribution in [3.8, 4) is 17.1 Å². The van der Waals surface area contributed by atoms with Gasteiger partial charge in [0.2, 0.25) is 0 Å². The molecule has 0 fully saturated rings. The smallest absolute Gasteiger partial charge is 0.172 e. The first-order chi connectivity index (χ1) is 10.1. The molecule has 21 heavy (non-hydrogen) atoms. The zero-order valence-electron chi connectivity index (χ0n) is 10.5. The van der Waals surface area contributed by atoms with Gasteiger partial charge in [0, 0.05) is 10.7 Å². The molecule has 0 unspecified atom stereocenters. The molecule has 0 aliphatic heterocycles. The first-order valence-electron chi connectivity index (χ1n) is 5.83. The van der Waals surface area contributed by atoms with Gasteiger partial charge in [-0.2, -0.15) is 0 Å². The first kappa shape index (κ1) is 14.3. The van der Waals surface area contributed by atoms with Crippen LogP contribution in [0.3, 0.4) is 0 Å². The topological polar surface area (TPSA) is 69.6 Å². The summed E-state index contributed by atoms with van der Waals surface area (Å²) in [5.74, 6) is 0.885. The van der Waals surface area contributed by atoms with Crippen molar-refractivity contribution < 1.29 is 0 Å². The van der Waals surface area contributed by atoms with Gasteiger partial charge in [0.25, 0.3) is 0 Å². The fourth-order valence-corrected chi connectivity index (χ4v) is 2.62. The quantitative estimate of drug-likeness (QED) is 0.725. The minimum absolute atomic E-state index is 0.352. The van der Waals surface area contributed by atoms with Crippen molar-refractivity contribution in [1.29, 1.82) is 0 Å². The maximum absolute atomic E-state index is 6.25. The van der Waals surface area contributed by atoms with E-state index in [0.717, 1.165) is 4.47 Å². The van der Waals surface area contributed by atoms with Crippen LogP contribution in [0.5, 0.6) is 0 Å². The van der Waals surface area contributed by atoms with Gasteiger partial charge in [-0.1, -0.05) is 29.3 Å². The van der Waals surface area contributed by atoms with E-state index in [1.54, 1.807) is 29.2 Å². The van der Waals surface area contributed by atoms with Crippen molar-refractivity contribution in [1.82, 2.24) is 19.7 Å². The number of nitrogens with two attached hydrogens (primary N) is 1. The average molecular weight is 385 g/mol. The summed E-state index contributed by atoms with van der Waals surface area (Å²) >= 11 is 15.7. The van der Waals surface area contributed by atoms with Crippen LogP contribution in [0, 0.1) is 0 Å². The Morgan fingerprint density at radius 1 is 1.24 bits per heavy atom. The summed E-state index contributed by atoms with van der Waals surface area (Å²) < 4.78 is 2.51. The van der Waals surface area contributed by atoms with E-state index in [9.17, 15) is 0 Å². The number of rotatable bonds is 2. The summed E-state index contributed by atoms with van der Waals surface area (Å²) in [4.78, 5) is 4.10. The van der Waals surface area contributed by atoms with Crippen molar-refractivity contribution in [3.63, 3.8) is 0 Å². The number of anilines is 1.